The fraction of sp³-hybridized carbons (Fsp3) is 0.500. The van der Waals surface area contributed by atoms with Crippen molar-refractivity contribution in [2.45, 2.75) is 52.1 Å². The molecule has 1 saturated heterocycles. The van der Waals surface area contributed by atoms with Gasteiger partial charge in [-0.3, -0.25) is 0 Å². The highest BCUT2D eigenvalue weighted by atomic mass is 16.7. The van der Waals surface area contributed by atoms with E-state index in [-0.39, 0.29) is 18.3 Å². The highest BCUT2D eigenvalue weighted by molar-refractivity contribution is 6.45. The van der Waals surface area contributed by atoms with Crippen molar-refractivity contribution in [2.24, 2.45) is 0 Å². The van der Waals surface area contributed by atoms with Gasteiger partial charge >= 0.3 is 7.12 Å². The van der Waals surface area contributed by atoms with Gasteiger partial charge in [-0.05, 0) is 57.9 Å². The lowest BCUT2D eigenvalue weighted by Crippen LogP contribution is -2.41. The Bertz CT molecular complexity index is 584. The van der Waals surface area contributed by atoms with Crippen LogP contribution in [0.25, 0.3) is 11.3 Å². The first-order valence-corrected chi connectivity index (χ1v) is 7.11. The van der Waals surface area contributed by atoms with Gasteiger partial charge in [-0.1, -0.05) is 6.07 Å². The maximum absolute atomic E-state index is 6.07. The zero-order valence-electron chi connectivity index (χ0n) is 12.8. The summed E-state index contributed by atoms with van der Waals surface area (Å²) in [5.41, 5.74) is 3.07. The fourth-order valence-corrected chi connectivity index (χ4v) is 2.74. The smallest absolute Gasteiger partial charge is 0.462 e. The summed E-state index contributed by atoms with van der Waals surface area (Å²) in [6.45, 7) is 10.4. The molecule has 1 aliphatic carbocycles. The van der Waals surface area contributed by atoms with E-state index in [4.69, 9.17) is 13.7 Å². The molecule has 3 aliphatic rings. The van der Waals surface area contributed by atoms with Crippen LogP contribution in [0.4, 0.5) is 0 Å². The molecule has 0 N–H and O–H groups in total. The van der Waals surface area contributed by atoms with Crippen molar-refractivity contribution in [1.82, 2.24) is 0 Å². The van der Waals surface area contributed by atoms with Gasteiger partial charge in [0.25, 0.3) is 0 Å². The Labute approximate surface area is 120 Å². The monoisotopic (exact) mass is 272 g/mol. The van der Waals surface area contributed by atoms with Crippen molar-refractivity contribution in [2.75, 3.05) is 0 Å². The maximum atomic E-state index is 6.07. The summed E-state index contributed by atoms with van der Waals surface area (Å²) in [6, 6.07) is 6.12. The van der Waals surface area contributed by atoms with Crippen molar-refractivity contribution in [3.63, 3.8) is 0 Å². The summed E-state index contributed by atoms with van der Waals surface area (Å²) >= 11 is 0. The quantitative estimate of drug-likeness (QED) is 0.778. The van der Waals surface area contributed by atoms with Gasteiger partial charge in [0.05, 0.1) is 17.5 Å². The van der Waals surface area contributed by atoms with Gasteiger partial charge in [-0.25, -0.2) is 0 Å². The van der Waals surface area contributed by atoms with Gasteiger partial charge < -0.3 is 13.7 Å². The Morgan fingerprint density at radius 1 is 1.00 bits per heavy atom. The average Bonchev–Trinajstić information content (AvgIpc) is 2.80. The van der Waals surface area contributed by atoms with E-state index in [0.29, 0.717) is 0 Å². The van der Waals surface area contributed by atoms with Crippen molar-refractivity contribution in [3.05, 3.63) is 35.6 Å². The minimum Gasteiger partial charge on any atom is -0.464 e. The molecule has 0 bridgehead atoms. The van der Waals surface area contributed by atoms with Crippen molar-refractivity contribution in [1.29, 1.82) is 0 Å². The van der Waals surface area contributed by atoms with E-state index < -0.39 is 0 Å². The Morgan fingerprint density at radius 2 is 1.65 bits per heavy atom. The Balaban J connectivity index is 1.86. The van der Waals surface area contributed by atoms with Crippen LogP contribution in [-0.2, 0) is 15.6 Å². The number of hydrogen-bond donors (Lipinski definition) is 0. The molecular weight excluding hydrogens is 251 g/mol. The van der Waals surface area contributed by atoms with Gasteiger partial charge in [0.2, 0.25) is 0 Å². The first-order chi connectivity index (χ1) is 9.30. The summed E-state index contributed by atoms with van der Waals surface area (Å²) in [7, 11) is -0.204. The largest absolute Gasteiger partial charge is 0.464 e. The summed E-state index contributed by atoms with van der Waals surface area (Å²) < 4.78 is 17.7. The highest BCUT2D eigenvalue weighted by Crippen LogP contribution is 2.39. The van der Waals surface area contributed by atoms with E-state index in [1.807, 2.05) is 12.1 Å². The SMILES string of the molecule is Cc1ccoc2ccc(CB3OC(C)(C)C(C)(C)O3)c1-2. The van der Waals surface area contributed by atoms with Gasteiger partial charge in [-0.15, -0.1) is 0 Å². The molecule has 2 heterocycles. The molecule has 0 aromatic heterocycles. The van der Waals surface area contributed by atoms with Crippen molar-refractivity contribution < 1.29 is 13.7 Å². The van der Waals surface area contributed by atoms with Gasteiger partial charge in [0, 0.05) is 11.9 Å². The van der Waals surface area contributed by atoms with Crippen molar-refractivity contribution >= 4 is 7.12 Å². The number of hydrogen-bond acceptors (Lipinski definition) is 3. The topological polar surface area (TPSA) is 31.6 Å². The van der Waals surface area contributed by atoms with Gasteiger partial charge in [-0.2, -0.15) is 0 Å². The summed E-state index contributed by atoms with van der Waals surface area (Å²) in [5, 5.41) is 0. The number of fused-ring (bicyclic) bond motifs is 1. The van der Waals surface area contributed by atoms with Crippen LogP contribution in [0, 0.1) is 6.92 Å². The van der Waals surface area contributed by atoms with Crippen LogP contribution in [0.2, 0.25) is 0 Å². The molecule has 2 aliphatic heterocycles. The minimum absolute atomic E-state index is 0.204. The normalized spacial score (nSPS) is 20.8. The van der Waals surface area contributed by atoms with E-state index in [0.717, 1.165) is 12.1 Å². The minimum atomic E-state index is -0.278. The molecule has 1 fully saturated rings. The highest BCUT2D eigenvalue weighted by Gasteiger charge is 2.51. The lowest BCUT2D eigenvalue weighted by atomic mass is 9.80. The Morgan fingerprint density at radius 3 is 2.30 bits per heavy atom. The van der Waals surface area contributed by atoms with E-state index in [1.165, 1.54) is 16.7 Å². The van der Waals surface area contributed by atoms with Crippen LogP contribution in [0.15, 0.2) is 28.9 Å². The lowest BCUT2D eigenvalue weighted by Gasteiger charge is -2.32. The van der Waals surface area contributed by atoms with Crippen LogP contribution in [0.1, 0.15) is 38.8 Å². The van der Waals surface area contributed by atoms with Crippen molar-refractivity contribution in [3.8, 4) is 11.3 Å². The second kappa shape index (κ2) is 4.37. The first-order valence-electron chi connectivity index (χ1n) is 7.11. The molecule has 0 saturated carbocycles. The first kappa shape index (κ1) is 13.7. The molecular formula is C16H21BO3. The standard InChI is InChI=1S/C16H21BO3/c1-11-8-9-18-13-7-6-12(14(11)13)10-17-19-15(2,3)16(4,5)20-17/h6-9H,10H2,1-5H3. The Hall–Kier alpha value is -1.26. The second-order valence-electron chi connectivity index (χ2n) is 6.59. The lowest BCUT2D eigenvalue weighted by molar-refractivity contribution is 0.00578. The fourth-order valence-electron chi connectivity index (χ4n) is 2.74. The number of aryl methyl sites for hydroxylation is 1. The van der Waals surface area contributed by atoms with E-state index >= 15 is 0 Å². The molecule has 0 amide bonds. The average molecular weight is 272 g/mol. The maximum Gasteiger partial charge on any atom is 0.462 e. The van der Waals surface area contributed by atoms with Crippen LogP contribution in [-0.4, -0.2) is 18.3 Å². The van der Waals surface area contributed by atoms with E-state index in [9.17, 15) is 0 Å². The second-order valence-corrected chi connectivity index (χ2v) is 6.59. The van der Waals surface area contributed by atoms with Crippen LogP contribution in [0.5, 0.6) is 0 Å². The predicted molar refractivity (Wildman–Crippen MR) is 79.9 cm³/mol. The predicted octanol–water partition coefficient (Wildman–Crippen LogP) is 3.87. The Kier molecular flexibility index (Phi) is 3.00. The van der Waals surface area contributed by atoms with E-state index in [1.54, 1.807) is 6.26 Å². The molecule has 0 aromatic rings. The van der Waals surface area contributed by atoms with Gasteiger partial charge in [0.1, 0.15) is 5.76 Å². The molecule has 106 valence electrons. The third-order valence-electron chi connectivity index (χ3n) is 4.60. The van der Waals surface area contributed by atoms with Crippen LogP contribution in [0.3, 0.4) is 0 Å². The molecule has 0 atom stereocenters. The van der Waals surface area contributed by atoms with Gasteiger partial charge in [0.15, 0.2) is 0 Å². The van der Waals surface area contributed by atoms with Crippen LogP contribution < -0.4 is 0 Å². The summed E-state index contributed by atoms with van der Waals surface area (Å²) in [5.74, 6) is 0.927. The zero-order chi connectivity index (χ0) is 14.5. The van der Waals surface area contributed by atoms with E-state index in [2.05, 4.69) is 40.7 Å². The molecule has 0 unspecified atom stereocenters. The molecule has 0 radical (unpaired) electrons. The third-order valence-corrected chi connectivity index (χ3v) is 4.60. The molecule has 4 heteroatoms. The molecule has 20 heavy (non-hydrogen) atoms. The molecule has 3 nitrogen and oxygen atoms in total. The molecule has 0 aromatic carbocycles. The number of rotatable bonds is 2. The third kappa shape index (κ3) is 2.07. The molecule has 3 rings (SSSR count). The molecule has 0 spiro atoms. The summed E-state index contributed by atoms with van der Waals surface area (Å²) in [4.78, 5) is 0. The summed E-state index contributed by atoms with van der Waals surface area (Å²) in [6.07, 6.45) is 2.48. The van der Waals surface area contributed by atoms with Crippen LogP contribution >= 0.6 is 0 Å². The zero-order valence-corrected chi connectivity index (χ0v) is 12.8.